The Morgan fingerprint density at radius 1 is 1.56 bits per heavy atom. The molecule has 96 valence electrons. The fourth-order valence-corrected chi connectivity index (χ4v) is 2.24. The van der Waals surface area contributed by atoms with Gasteiger partial charge in [-0.2, -0.15) is 0 Å². The van der Waals surface area contributed by atoms with E-state index >= 15 is 0 Å². The first-order valence-electron chi connectivity index (χ1n) is 5.80. The Kier molecular flexibility index (Phi) is 3.57. The highest BCUT2D eigenvalue weighted by molar-refractivity contribution is 6.31. The number of aryl methyl sites for hydroxylation is 1. The van der Waals surface area contributed by atoms with E-state index in [4.69, 9.17) is 16.7 Å². The van der Waals surface area contributed by atoms with E-state index < -0.39 is 5.97 Å². The van der Waals surface area contributed by atoms with Crippen molar-refractivity contribution < 1.29 is 9.90 Å². The van der Waals surface area contributed by atoms with E-state index in [0.717, 1.165) is 16.9 Å². The van der Waals surface area contributed by atoms with E-state index in [0.29, 0.717) is 11.4 Å². The van der Waals surface area contributed by atoms with Crippen LogP contribution in [0.4, 0.5) is 0 Å². The zero-order valence-corrected chi connectivity index (χ0v) is 11.1. The van der Waals surface area contributed by atoms with Crippen LogP contribution in [-0.4, -0.2) is 20.6 Å². The van der Waals surface area contributed by atoms with Crippen molar-refractivity contribution in [2.45, 2.75) is 19.8 Å². The first kappa shape index (κ1) is 12.9. The highest BCUT2D eigenvalue weighted by Crippen LogP contribution is 2.21. The standard InChI is InChI=1S/C13H15ClN2O2/c1-8(6-13(17)18)5-12-15-10-4-3-9(14)7-11(10)16(12)2/h3-4,7-8H,5-6H2,1-2H3,(H,17,18). The average Bonchev–Trinajstić information content (AvgIpc) is 2.55. The van der Waals surface area contributed by atoms with Gasteiger partial charge in [-0.05, 0) is 24.1 Å². The largest absolute Gasteiger partial charge is 0.481 e. The van der Waals surface area contributed by atoms with Crippen LogP contribution >= 0.6 is 11.6 Å². The number of hydrogen-bond donors (Lipinski definition) is 1. The molecule has 0 radical (unpaired) electrons. The van der Waals surface area contributed by atoms with Gasteiger partial charge in [0.1, 0.15) is 5.82 Å². The first-order chi connectivity index (χ1) is 8.47. The summed E-state index contributed by atoms with van der Waals surface area (Å²) in [6.07, 6.45) is 0.805. The lowest BCUT2D eigenvalue weighted by atomic mass is 10.0. The highest BCUT2D eigenvalue weighted by Gasteiger charge is 2.14. The van der Waals surface area contributed by atoms with Crippen LogP contribution in [0.3, 0.4) is 0 Å². The number of carbonyl (C=O) groups is 1. The van der Waals surface area contributed by atoms with Crippen molar-refractivity contribution in [3.05, 3.63) is 29.0 Å². The van der Waals surface area contributed by atoms with Crippen LogP contribution in [-0.2, 0) is 18.3 Å². The second-order valence-corrected chi connectivity index (χ2v) is 5.06. The molecule has 0 amide bonds. The van der Waals surface area contributed by atoms with Crippen LogP contribution < -0.4 is 0 Å². The third-order valence-electron chi connectivity index (χ3n) is 2.99. The lowest BCUT2D eigenvalue weighted by Crippen LogP contribution is -2.10. The summed E-state index contributed by atoms with van der Waals surface area (Å²) in [5.74, 6) is 0.179. The predicted molar refractivity (Wildman–Crippen MR) is 70.8 cm³/mol. The molecule has 0 aliphatic carbocycles. The Labute approximate surface area is 110 Å². The van der Waals surface area contributed by atoms with E-state index in [1.807, 2.05) is 30.7 Å². The Hall–Kier alpha value is -1.55. The van der Waals surface area contributed by atoms with Crippen LogP contribution in [0.5, 0.6) is 0 Å². The lowest BCUT2D eigenvalue weighted by Gasteiger charge is -2.08. The SMILES string of the molecule is CC(CC(=O)O)Cc1nc2ccc(Cl)cc2n1C. The normalized spacial score (nSPS) is 12.8. The van der Waals surface area contributed by atoms with Crippen LogP contribution in [0.15, 0.2) is 18.2 Å². The van der Waals surface area contributed by atoms with Gasteiger partial charge in [-0.3, -0.25) is 4.79 Å². The van der Waals surface area contributed by atoms with Crippen molar-refractivity contribution >= 4 is 28.6 Å². The second kappa shape index (κ2) is 4.98. The van der Waals surface area contributed by atoms with Gasteiger partial charge in [0.05, 0.1) is 11.0 Å². The van der Waals surface area contributed by atoms with Crippen molar-refractivity contribution in [1.29, 1.82) is 0 Å². The van der Waals surface area contributed by atoms with E-state index in [-0.39, 0.29) is 12.3 Å². The van der Waals surface area contributed by atoms with Gasteiger partial charge < -0.3 is 9.67 Å². The van der Waals surface area contributed by atoms with Crippen molar-refractivity contribution in [2.24, 2.45) is 13.0 Å². The number of carboxylic acid groups (broad SMARTS) is 1. The summed E-state index contributed by atoms with van der Waals surface area (Å²) in [6, 6.07) is 5.56. The molecule has 1 unspecified atom stereocenters. The fourth-order valence-electron chi connectivity index (χ4n) is 2.08. The minimum absolute atomic E-state index is 0.0634. The molecule has 0 bridgehead atoms. The number of rotatable bonds is 4. The molecule has 1 aromatic carbocycles. The molecule has 0 fully saturated rings. The number of halogens is 1. The number of aromatic nitrogens is 2. The Bertz CT molecular complexity index is 592. The number of aliphatic carboxylic acids is 1. The molecule has 0 saturated heterocycles. The molecular formula is C13H15ClN2O2. The molecule has 4 nitrogen and oxygen atoms in total. The number of carboxylic acids is 1. The number of hydrogen-bond acceptors (Lipinski definition) is 2. The van der Waals surface area contributed by atoms with Crippen LogP contribution in [0.2, 0.25) is 5.02 Å². The van der Waals surface area contributed by atoms with E-state index in [2.05, 4.69) is 4.98 Å². The summed E-state index contributed by atoms with van der Waals surface area (Å²) in [5.41, 5.74) is 1.86. The summed E-state index contributed by atoms with van der Waals surface area (Å²) < 4.78 is 1.97. The number of fused-ring (bicyclic) bond motifs is 1. The smallest absolute Gasteiger partial charge is 0.303 e. The van der Waals surface area contributed by atoms with E-state index in [1.54, 1.807) is 6.07 Å². The molecule has 0 spiro atoms. The fraction of sp³-hybridized carbons (Fsp3) is 0.385. The molecule has 1 atom stereocenters. The molecule has 1 aromatic heterocycles. The van der Waals surface area contributed by atoms with Crippen molar-refractivity contribution in [3.8, 4) is 0 Å². The van der Waals surface area contributed by atoms with Crippen molar-refractivity contribution in [3.63, 3.8) is 0 Å². The highest BCUT2D eigenvalue weighted by atomic mass is 35.5. The van der Waals surface area contributed by atoms with Crippen LogP contribution in [0.1, 0.15) is 19.2 Å². The first-order valence-corrected chi connectivity index (χ1v) is 6.18. The average molecular weight is 267 g/mol. The Balaban J connectivity index is 2.29. The van der Waals surface area contributed by atoms with Gasteiger partial charge in [-0.15, -0.1) is 0 Å². The minimum atomic E-state index is -0.774. The van der Waals surface area contributed by atoms with Crippen molar-refractivity contribution in [1.82, 2.24) is 9.55 Å². The number of imidazole rings is 1. The van der Waals surface area contributed by atoms with Gasteiger partial charge in [0.25, 0.3) is 0 Å². The maximum absolute atomic E-state index is 10.7. The molecule has 0 aliphatic heterocycles. The zero-order chi connectivity index (χ0) is 13.3. The molecule has 0 aliphatic rings. The maximum Gasteiger partial charge on any atom is 0.303 e. The van der Waals surface area contributed by atoms with Crippen molar-refractivity contribution in [2.75, 3.05) is 0 Å². The van der Waals surface area contributed by atoms with Gasteiger partial charge in [0.2, 0.25) is 0 Å². The third kappa shape index (κ3) is 2.64. The summed E-state index contributed by atoms with van der Waals surface area (Å²) in [4.78, 5) is 15.2. The maximum atomic E-state index is 10.7. The Morgan fingerprint density at radius 3 is 2.94 bits per heavy atom. The second-order valence-electron chi connectivity index (χ2n) is 4.63. The van der Waals surface area contributed by atoms with Gasteiger partial charge in [0.15, 0.2) is 0 Å². The predicted octanol–water partition coefficient (Wildman–Crippen LogP) is 2.88. The summed E-state index contributed by atoms with van der Waals surface area (Å²) in [6.45, 7) is 1.92. The lowest BCUT2D eigenvalue weighted by molar-refractivity contribution is -0.137. The van der Waals surface area contributed by atoms with Gasteiger partial charge >= 0.3 is 5.97 Å². The number of benzene rings is 1. The molecular weight excluding hydrogens is 252 g/mol. The molecule has 0 saturated carbocycles. The summed E-state index contributed by atoms with van der Waals surface area (Å²) in [7, 11) is 1.93. The molecule has 5 heteroatoms. The van der Waals surface area contributed by atoms with E-state index in [9.17, 15) is 4.79 Å². The minimum Gasteiger partial charge on any atom is -0.481 e. The van der Waals surface area contributed by atoms with E-state index in [1.165, 1.54) is 0 Å². The topological polar surface area (TPSA) is 55.1 Å². The number of nitrogens with zero attached hydrogens (tertiary/aromatic N) is 2. The monoisotopic (exact) mass is 266 g/mol. The van der Waals surface area contributed by atoms with Crippen LogP contribution in [0.25, 0.3) is 11.0 Å². The summed E-state index contributed by atoms with van der Waals surface area (Å²) >= 11 is 5.96. The van der Waals surface area contributed by atoms with Gasteiger partial charge in [-0.25, -0.2) is 4.98 Å². The van der Waals surface area contributed by atoms with Gasteiger partial charge in [0, 0.05) is 24.9 Å². The zero-order valence-electron chi connectivity index (χ0n) is 10.4. The third-order valence-corrected chi connectivity index (χ3v) is 3.22. The summed E-state index contributed by atoms with van der Waals surface area (Å²) in [5, 5.41) is 9.44. The van der Waals surface area contributed by atoms with Crippen LogP contribution in [0, 0.1) is 5.92 Å². The molecule has 2 rings (SSSR count). The van der Waals surface area contributed by atoms with Gasteiger partial charge in [-0.1, -0.05) is 18.5 Å². The molecule has 1 N–H and O–H groups in total. The molecule has 1 heterocycles. The molecule has 2 aromatic rings. The molecule has 18 heavy (non-hydrogen) atoms. The Morgan fingerprint density at radius 2 is 2.28 bits per heavy atom. The quantitative estimate of drug-likeness (QED) is 0.926.